The van der Waals surface area contributed by atoms with Crippen LogP contribution in [0.4, 0.5) is 0 Å². The molecule has 1 aromatic carbocycles. The van der Waals surface area contributed by atoms with E-state index in [1.807, 2.05) is 12.1 Å². The highest BCUT2D eigenvalue weighted by molar-refractivity contribution is 5.94. The van der Waals surface area contributed by atoms with Crippen LogP contribution in [0.2, 0.25) is 0 Å². The summed E-state index contributed by atoms with van der Waals surface area (Å²) < 4.78 is 0. The van der Waals surface area contributed by atoms with E-state index < -0.39 is 0 Å². The summed E-state index contributed by atoms with van der Waals surface area (Å²) in [6, 6.07) is 8.88. The molecule has 3 N–H and O–H groups in total. The lowest BCUT2D eigenvalue weighted by molar-refractivity contribution is 0.0950. The molecule has 2 aliphatic carbocycles. The molecule has 136 valence electrons. The second-order valence-electron chi connectivity index (χ2n) is 6.70. The van der Waals surface area contributed by atoms with E-state index in [-0.39, 0.29) is 36.8 Å². The van der Waals surface area contributed by atoms with Crippen molar-refractivity contribution in [2.24, 2.45) is 11.7 Å². The molecule has 2 fully saturated rings. The number of benzene rings is 1. The van der Waals surface area contributed by atoms with E-state index in [1.54, 1.807) is 0 Å². The normalized spacial score (nSPS) is 17.6. The SMILES string of the molecule is CCN(Cc1ccc(C(=O)NCC(N)C2CC2)cc1)C1CC1.Cl.Cl. The van der Waals surface area contributed by atoms with Crippen molar-refractivity contribution in [3.8, 4) is 0 Å². The number of halogens is 2. The molecule has 2 aliphatic rings. The number of carbonyl (C=O) groups is 1. The smallest absolute Gasteiger partial charge is 0.251 e. The number of nitrogens with two attached hydrogens (primary N) is 1. The Morgan fingerprint density at radius 1 is 1.21 bits per heavy atom. The molecule has 0 radical (unpaired) electrons. The molecule has 0 heterocycles. The number of nitrogens with one attached hydrogen (secondary N) is 1. The van der Waals surface area contributed by atoms with Crippen LogP contribution in [0.15, 0.2) is 24.3 Å². The Morgan fingerprint density at radius 3 is 2.33 bits per heavy atom. The number of hydrogen-bond acceptors (Lipinski definition) is 3. The molecule has 0 spiro atoms. The first-order valence-electron chi connectivity index (χ1n) is 8.54. The van der Waals surface area contributed by atoms with Gasteiger partial charge in [0, 0.05) is 30.7 Å². The Morgan fingerprint density at radius 2 is 1.83 bits per heavy atom. The van der Waals surface area contributed by atoms with Crippen molar-refractivity contribution < 1.29 is 4.79 Å². The first-order valence-corrected chi connectivity index (χ1v) is 8.54. The first kappa shape index (κ1) is 21.2. The standard InChI is InChI=1S/C18H27N3O.2ClH/c1-2-21(16-9-10-16)12-13-3-5-15(6-4-13)18(22)20-11-17(19)14-7-8-14;;/h3-6,14,16-17H,2,7-12,19H2,1H3,(H,20,22);2*1H. The first-order chi connectivity index (χ1) is 10.7. The lowest BCUT2D eigenvalue weighted by Crippen LogP contribution is -2.38. The molecule has 0 saturated heterocycles. The third-order valence-corrected chi connectivity index (χ3v) is 4.80. The predicted molar refractivity (Wildman–Crippen MR) is 103 cm³/mol. The van der Waals surface area contributed by atoms with Crippen LogP contribution in [-0.4, -0.2) is 36.0 Å². The third kappa shape index (κ3) is 5.92. The Kier molecular flexibility index (Phi) is 8.51. The molecule has 6 heteroatoms. The van der Waals surface area contributed by atoms with Gasteiger partial charge in [0.25, 0.3) is 5.91 Å². The van der Waals surface area contributed by atoms with Crippen molar-refractivity contribution in [2.75, 3.05) is 13.1 Å². The van der Waals surface area contributed by atoms with Gasteiger partial charge >= 0.3 is 0 Å². The minimum atomic E-state index is -0.0165. The van der Waals surface area contributed by atoms with E-state index >= 15 is 0 Å². The topological polar surface area (TPSA) is 58.4 Å². The maximum absolute atomic E-state index is 12.1. The van der Waals surface area contributed by atoms with Gasteiger partial charge in [0.05, 0.1) is 0 Å². The predicted octanol–water partition coefficient (Wildman–Crippen LogP) is 2.98. The Hall–Kier alpha value is -0.810. The minimum Gasteiger partial charge on any atom is -0.350 e. The molecular weight excluding hydrogens is 345 g/mol. The maximum atomic E-state index is 12.1. The van der Waals surface area contributed by atoms with Crippen LogP contribution in [0.3, 0.4) is 0 Å². The van der Waals surface area contributed by atoms with Crippen LogP contribution in [0.1, 0.15) is 48.5 Å². The van der Waals surface area contributed by atoms with E-state index in [0.29, 0.717) is 12.5 Å². The minimum absolute atomic E-state index is 0. The molecule has 1 amide bonds. The Labute approximate surface area is 157 Å². The highest BCUT2D eigenvalue weighted by Crippen LogP contribution is 2.31. The Bertz CT molecular complexity index is 516. The molecule has 0 aliphatic heterocycles. The average molecular weight is 374 g/mol. The summed E-state index contributed by atoms with van der Waals surface area (Å²) >= 11 is 0. The van der Waals surface area contributed by atoms with Crippen molar-refractivity contribution >= 4 is 30.7 Å². The summed E-state index contributed by atoms with van der Waals surface area (Å²) in [6.07, 6.45) is 5.08. The number of hydrogen-bond donors (Lipinski definition) is 2. The van der Waals surface area contributed by atoms with E-state index in [9.17, 15) is 4.79 Å². The Balaban J connectivity index is 0.00000144. The maximum Gasteiger partial charge on any atom is 0.251 e. The number of nitrogens with zero attached hydrogens (tertiary/aromatic N) is 1. The summed E-state index contributed by atoms with van der Waals surface area (Å²) in [5, 5.41) is 2.95. The summed E-state index contributed by atoms with van der Waals surface area (Å²) in [6.45, 7) is 4.86. The zero-order valence-corrected chi connectivity index (χ0v) is 15.9. The van der Waals surface area contributed by atoms with Crippen LogP contribution in [0.25, 0.3) is 0 Å². The number of rotatable bonds is 8. The van der Waals surface area contributed by atoms with Gasteiger partial charge in [-0.3, -0.25) is 9.69 Å². The van der Waals surface area contributed by atoms with Crippen molar-refractivity contribution in [3.05, 3.63) is 35.4 Å². The fourth-order valence-electron chi connectivity index (χ4n) is 2.94. The van der Waals surface area contributed by atoms with Crippen LogP contribution in [0.5, 0.6) is 0 Å². The summed E-state index contributed by atoms with van der Waals surface area (Å²) in [7, 11) is 0. The van der Waals surface area contributed by atoms with Gasteiger partial charge in [-0.1, -0.05) is 19.1 Å². The van der Waals surface area contributed by atoms with Crippen molar-refractivity contribution in [2.45, 2.75) is 51.2 Å². The third-order valence-electron chi connectivity index (χ3n) is 4.80. The average Bonchev–Trinajstić information content (AvgIpc) is 3.41. The van der Waals surface area contributed by atoms with E-state index in [2.05, 4.69) is 29.3 Å². The van der Waals surface area contributed by atoms with Crippen LogP contribution >= 0.6 is 24.8 Å². The summed E-state index contributed by atoms with van der Waals surface area (Å²) in [4.78, 5) is 14.6. The molecule has 1 aromatic rings. The molecule has 2 saturated carbocycles. The highest BCUT2D eigenvalue weighted by atomic mass is 35.5. The van der Waals surface area contributed by atoms with Gasteiger partial charge in [-0.2, -0.15) is 0 Å². The van der Waals surface area contributed by atoms with Gasteiger partial charge in [-0.25, -0.2) is 0 Å². The van der Waals surface area contributed by atoms with E-state index in [4.69, 9.17) is 5.73 Å². The van der Waals surface area contributed by atoms with Crippen molar-refractivity contribution in [3.63, 3.8) is 0 Å². The van der Waals surface area contributed by atoms with Gasteiger partial charge in [0.15, 0.2) is 0 Å². The largest absolute Gasteiger partial charge is 0.350 e. The van der Waals surface area contributed by atoms with Gasteiger partial charge in [0.2, 0.25) is 0 Å². The summed E-state index contributed by atoms with van der Waals surface area (Å²) in [5.74, 6) is 0.599. The van der Waals surface area contributed by atoms with E-state index in [0.717, 1.165) is 24.7 Å². The van der Waals surface area contributed by atoms with Crippen LogP contribution in [0, 0.1) is 5.92 Å². The second-order valence-corrected chi connectivity index (χ2v) is 6.70. The number of carbonyl (C=O) groups excluding carboxylic acids is 1. The van der Waals surface area contributed by atoms with Crippen molar-refractivity contribution in [1.29, 1.82) is 0 Å². The fourth-order valence-corrected chi connectivity index (χ4v) is 2.94. The molecule has 24 heavy (non-hydrogen) atoms. The zero-order chi connectivity index (χ0) is 15.5. The highest BCUT2D eigenvalue weighted by Gasteiger charge is 2.29. The fraction of sp³-hybridized carbons (Fsp3) is 0.611. The molecule has 1 unspecified atom stereocenters. The molecule has 1 atom stereocenters. The molecule has 4 nitrogen and oxygen atoms in total. The van der Waals surface area contributed by atoms with Crippen molar-refractivity contribution in [1.82, 2.24) is 10.2 Å². The molecule has 0 bridgehead atoms. The lowest BCUT2D eigenvalue weighted by Gasteiger charge is -2.19. The summed E-state index contributed by atoms with van der Waals surface area (Å²) in [5.41, 5.74) is 8.01. The molecule has 0 aromatic heterocycles. The molecule has 3 rings (SSSR count). The van der Waals surface area contributed by atoms with Gasteiger partial charge in [-0.05, 0) is 55.8 Å². The van der Waals surface area contributed by atoms with Gasteiger partial charge < -0.3 is 11.1 Å². The van der Waals surface area contributed by atoms with Gasteiger partial charge in [-0.15, -0.1) is 24.8 Å². The lowest BCUT2D eigenvalue weighted by atomic mass is 10.1. The van der Waals surface area contributed by atoms with Crippen LogP contribution < -0.4 is 11.1 Å². The zero-order valence-electron chi connectivity index (χ0n) is 14.2. The monoisotopic (exact) mass is 373 g/mol. The molecular formula is C18H29Cl2N3O. The quantitative estimate of drug-likeness (QED) is 0.736. The second kappa shape index (κ2) is 9.62. The van der Waals surface area contributed by atoms with E-state index in [1.165, 1.54) is 31.2 Å². The number of amides is 1. The van der Waals surface area contributed by atoms with Gasteiger partial charge in [0.1, 0.15) is 0 Å². The van der Waals surface area contributed by atoms with Crippen LogP contribution in [-0.2, 0) is 6.54 Å².